The molecule has 0 aliphatic heterocycles. The largest absolute Gasteiger partial charge is 0.462 e. The molecule has 9 nitrogen and oxygen atoms in total. The molecule has 0 atom stereocenters. The number of esters is 2. The van der Waals surface area contributed by atoms with Crippen LogP contribution in [0.4, 0.5) is 5.69 Å². The molecule has 176 valence electrons. The van der Waals surface area contributed by atoms with Crippen LogP contribution in [0.3, 0.4) is 0 Å². The smallest absolute Gasteiger partial charge is 0.359 e. The van der Waals surface area contributed by atoms with Crippen LogP contribution in [0.2, 0.25) is 0 Å². The van der Waals surface area contributed by atoms with Crippen LogP contribution in [0.15, 0.2) is 71.5 Å². The van der Waals surface area contributed by atoms with Gasteiger partial charge in [0.05, 0.1) is 18.7 Å². The van der Waals surface area contributed by atoms with Crippen molar-refractivity contribution in [2.75, 3.05) is 18.5 Å². The van der Waals surface area contributed by atoms with Gasteiger partial charge >= 0.3 is 11.9 Å². The summed E-state index contributed by atoms with van der Waals surface area (Å²) in [5.74, 6) is -1.83. The number of benzene rings is 2. The van der Waals surface area contributed by atoms with Gasteiger partial charge in [-0.05, 0) is 42.3 Å². The number of rotatable bonds is 10. The van der Waals surface area contributed by atoms with Gasteiger partial charge in [-0.15, -0.1) is 0 Å². The number of hydrogen-bond donors (Lipinski definition) is 1. The van der Waals surface area contributed by atoms with Crippen molar-refractivity contribution < 1.29 is 23.9 Å². The van der Waals surface area contributed by atoms with E-state index in [9.17, 15) is 19.2 Å². The van der Waals surface area contributed by atoms with Gasteiger partial charge in [-0.2, -0.15) is 5.10 Å². The molecule has 2 aromatic carbocycles. The summed E-state index contributed by atoms with van der Waals surface area (Å²) in [6.07, 6.45) is 1.72. The van der Waals surface area contributed by atoms with Crippen molar-refractivity contribution in [3.63, 3.8) is 0 Å². The highest BCUT2D eigenvalue weighted by atomic mass is 16.5. The summed E-state index contributed by atoms with van der Waals surface area (Å²) in [5, 5.41) is 6.61. The predicted octanol–water partition coefficient (Wildman–Crippen LogP) is 3.04. The van der Waals surface area contributed by atoms with E-state index in [2.05, 4.69) is 10.4 Å². The molecule has 0 aliphatic rings. The maximum absolute atomic E-state index is 12.3. The number of aromatic nitrogens is 2. The first-order valence-electron chi connectivity index (χ1n) is 10.8. The number of ether oxygens (including phenoxy) is 2. The Morgan fingerprint density at radius 3 is 2.35 bits per heavy atom. The summed E-state index contributed by atoms with van der Waals surface area (Å²) in [5.41, 5.74) is 1.20. The number of carbonyl (C=O) groups is 3. The summed E-state index contributed by atoms with van der Waals surface area (Å²) in [6.45, 7) is 2.02. The molecule has 1 aromatic heterocycles. The minimum atomic E-state index is -0.831. The lowest BCUT2D eigenvalue weighted by Crippen LogP contribution is -2.26. The van der Waals surface area contributed by atoms with Gasteiger partial charge in [-0.25, -0.2) is 14.3 Å². The second kappa shape index (κ2) is 12.1. The van der Waals surface area contributed by atoms with Crippen LogP contribution in [0.1, 0.15) is 46.2 Å². The Hall–Kier alpha value is -4.27. The van der Waals surface area contributed by atoms with Crippen molar-refractivity contribution in [2.24, 2.45) is 0 Å². The van der Waals surface area contributed by atoms with Crippen molar-refractivity contribution in [2.45, 2.75) is 26.3 Å². The summed E-state index contributed by atoms with van der Waals surface area (Å²) in [7, 11) is 0. The van der Waals surface area contributed by atoms with E-state index in [1.165, 1.54) is 24.3 Å². The Kier molecular flexibility index (Phi) is 8.67. The number of nitrogens with one attached hydrogen (secondary N) is 1. The molecule has 0 fully saturated rings. The third-order valence-electron chi connectivity index (χ3n) is 4.72. The van der Waals surface area contributed by atoms with E-state index in [1.807, 2.05) is 37.3 Å². The Bertz CT molecular complexity index is 1190. The fourth-order valence-corrected chi connectivity index (χ4v) is 2.91. The lowest BCUT2D eigenvalue weighted by molar-refractivity contribution is -0.119. The topological polar surface area (TPSA) is 117 Å². The zero-order valence-corrected chi connectivity index (χ0v) is 18.7. The van der Waals surface area contributed by atoms with E-state index in [4.69, 9.17) is 9.47 Å². The van der Waals surface area contributed by atoms with Gasteiger partial charge in [0, 0.05) is 11.8 Å². The standard InChI is InChI=1S/C25H25N3O6/c1-2-3-15-33-24(31)19-9-11-20(12-10-19)26-22(29)17-34-25(32)21-13-14-23(30)28(27-21)16-18-7-5-4-6-8-18/h4-14H,2-3,15-17H2,1H3,(H,26,29). The van der Waals surface area contributed by atoms with Gasteiger partial charge in [-0.1, -0.05) is 43.7 Å². The molecule has 1 N–H and O–H groups in total. The van der Waals surface area contributed by atoms with Crippen LogP contribution in [0.5, 0.6) is 0 Å². The molecule has 3 aromatic rings. The first kappa shape index (κ1) is 24.4. The van der Waals surface area contributed by atoms with E-state index in [0.29, 0.717) is 17.9 Å². The highest BCUT2D eigenvalue weighted by molar-refractivity contribution is 5.95. The predicted molar refractivity (Wildman–Crippen MR) is 125 cm³/mol. The van der Waals surface area contributed by atoms with Crippen molar-refractivity contribution in [3.8, 4) is 0 Å². The van der Waals surface area contributed by atoms with Crippen molar-refractivity contribution in [1.29, 1.82) is 0 Å². The van der Waals surface area contributed by atoms with Crippen molar-refractivity contribution >= 4 is 23.5 Å². The quantitative estimate of drug-likeness (QED) is 0.363. The minimum Gasteiger partial charge on any atom is -0.462 e. The zero-order chi connectivity index (χ0) is 24.3. The number of anilines is 1. The molecule has 0 saturated carbocycles. The monoisotopic (exact) mass is 463 g/mol. The molecular formula is C25H25N3O6. The molecule has 0 bridgehead atoms. The summed E-state index contributed by atoms with van der Waals surface area (Å²) < 4.78 is 11.3. The lowest BCUT2D eigenvalue weighted by atomic mass is 10.2. The first-order chi connectivity index (χ1) is 16.5. The number of unbranched alkanes of at least 4 members (excludes halogenated alkanes) is 1. The summed E-state index contributed by atoms with van der Waals surface area (Å²) in [6, 6.07) is 17.9. The number of carbonyl (C=O) groups excluding carboxylic acids is 3. The zero-order valence-electron chi connectivity index (χ0n) is 18.7. The molecule has 1 heterocycles. The number of hydrogen-bond acceptors (Lipinski definition) is 7. The highest BCUT2D eigenvalue weighted by Gasteiger charge is 2.14. The Morgan fingerprint density at radius 2 is 1.65 bits per heavy atom. The molecule has 1 amide bonds. The average molecular weight is 463 g/mol. The Morgan fingerprint density at radius 1 is 0.912 bits per heavy atom. The van der Waals surface area contributed by atoms with E-state index in [0.717, 1.165) is 23.1 Å². The molecule has 0 spiro atoms. The second-order valence-electron chi connectivity index (χ2n) is 7.39. The van der Waals surface area contributed by atoms with E-state index >= 15 is 0 Å². The number of nitrogens with zero attached hydrogens (tertiary/aromatic N) is 2. The molecule has 0 unspecified atom stereocenters. The maximum Gasteiger partial charge on any atom is 0.359 e. The van der Waals surface area contributed by atoms with Crippen LogP contribution in [0, 0.1) is 0 Å². The Labute approximate surface area is 196 Å². The highest BCUT2D eigenvalue weighted by Crippen LogP contribution is 2.11. The van der Waals surface area contributed by atoms with Crippen LogP contribution in [-0.2, 0) is 20.8 Å². The van der Waals surface area contributed by atoms with Gasteiger partial charge in [-0.3, -0.25) is 9.59 Å². The Balaban J connectivity index is 1.52. The fraction of sp³-hybridized carbons (Fsp3) is 0.240. The lowest BCUT2D eigenvalue weighted by Gasteiger charge is -2.09. The number of amides is 1. The molecule has 0 aliphatic carbocycles. The third kappa shape index (κ3) is 7.13. The van der Waals surface area contributed by atoms with Crippen molar-refractivity contribution in [3.05, 3.63) is 93.9 Å². The van der Waals surface area contributed by atoms with Gasteiger partial charge in [0.1, 0.15) is 0 Å². The maximum atomic E-state index is 12.3. The normalized spacial score (nSPS) is 10.4. The first-order valence-corrected chi connectivity index (χ1v) is 10.8. The fourth-order valence-electron chi connectivity index (χ4n) is 2.91. The second-order valence-corrected chi connectivity index (χ2v) is 7.39. The van der Waals surface area contributed by atoms with Gasteiger partial charge in [0.2, 0.25) is 0 Å². The minimum absolute atomic E-state index is 0.0886. The molecule has 0 radical (unpaired) electrons. The van der Waals surface area contributed by atoms with Crippen LogP contribution in [-0.4, -0.2) is 40.8 Å². The average Bonchev–Trinajstić information content (AvgIpc) is 2.85. The van der Waals surface area contributed by atoms with E-state index < -0.39 is 24.5 Å². The molecule has 0 saturated heterocycles. The van der Waals surface area contributed by atoms with Crippen LogP contribution in [0.25, 0.3) is 0 Å². The summed E-state index contributed by atoms with van der Waals surface area (Å²) >= 11 is 0. The molecule has 3 rings (SSSR count). The molecular weight excluding hydrogens is 438 g/mol. The van der Waals surface area contributed by atoms with E-state index in [1.54, 1.807) is 12.1 Å². The van der Waals surface area contributed by atoms with Crippen molar-refractivity contribution in [1.82, 2.24) is 9.78 Å². The molecule has 34 heavy (non-hydrogen) atoms. The summed E-state index contributed by atoms with van der Waals surface area (Å²) in [4.78, 5) is 48.4. The van der Waals surface area contributed by atoms with Gasteiger partial charge in [0.25, 0.3) is 11.5 Å². The SMILES string of the molecule is CCCCOC(=O)c1ccc(NC(=O)COC(=O)c2ccc(=O)n(Cc3ccccc3)n2)cc1. The molecule has 9 heteroatoms. The van der Waals surface area contributed by atoms with E-state index in [-0.39, 0.29) is 17.8 Å². The van der Waals surface area contributed by atoms with Crippen LogP contribution >= 0.6 is 0 Å². The van der Waals surface area contributed by atoms with Gasteiger partial charge < -0.3 is 14.8 Å². The third-order valence-corrected chi connectivity index (χ3v) is 4.72. The van der Waals surface area contributed by atoms with Gasteiger partial charge in [0.15, 0.2) is 12.3 Å². The van der Waals surface area contributed by atoms with Crippen LogP contribution < -0.4 is 10.9 Å².